The number of hydrogen-bond donors (Lipinski definition) is 0. The molecular formula is C24H30N2O3. The summed E-state index contributed by atoms with van der Waals surface area (Å²) >= 11 is 0. The smallest absolute Gasteiger partial charge is 0.233 e. The Kier molecular flexibility index (Phi) is 5.76. The van der Waals surface area contributed by atoms with Crippen LogP contribution in [-0.4, -0.2) is 48.7 Å². The van der Waals surface area contributed by atoms with Gasteiger partial charge in [-0.1, -0.05) is 42.5 Å². The van der Waals surface area contributed by atoms with Gasteiger partial charge in [-0.3, -0.25) is 4.79 Å². The lowest BCUT2D eigenvalue weighted by atomic mass is 9.83. The van der Waals surface area contributed by atoms with Crippen molar-refractivity contribution in [3.8, 4) is 11.5 Å². The second kappa shape index (κ2) is 8.46. The molecule has 29 heavy (non-hydrogen) atoms. The van der Waals surface area contributed by atoms with Crippen molar-refractivity contribution >= 4 is 5.91 Å². The fourth-order valence-corrected chi connectivity index (χ4v) is 4.22. The van der Waals surface area contributed by atoms with Crippen molar-refractivity contribution in [3.63, 3.8) is 0 Å². The number of amides is 1. The van der Waals surface area contributed by atoms with Gasteiger partial charge in [0.2, 0.25) is 12.7 Å². The number of nitrogens with zero attached hydrogens (tertiary/aromatic N) is 2. The minimum Gasteiger partial charge on any atom is -0.454 e. The van der Waals surface area contributed by atoms with Crippen molar-refractivity contribution in [1.82, 2.24) is 9.80 Å². The first-order valence-corrected chi connectivity index (χ1v) is 10.5. The third-order valence-corrected chi connectivity index (χ3v) is 6.04. The zero-order valence-corrected chi connectivity index (χ0v) is 17.4. The quantitative estimate of drug-likeness (QED) is 0.716. The van der Waals surface area contributed by atoms with Gasteiger partial charge in [-0.2, -0.15) is 0 Å². The Morgan fingerprint density at radius 1 is 1.03 bits per heavy atom. The molecule has 2 aliphatic heterocycles. The Labute approximate surface area is 173 Å². The van der Waals surface area contributed by atoms with Crippen LogP contribution in [0.25, 0.3) is 0 Å². The maximum Gasteiger partial charge on any atom is 0.233 e. The fraction of sp³-hybridized carbons (Fsp3) is 0.458. The van der Waals surface area contributed by atoms with E-state index in [2.05, 4.69) is 4.90 Å². The fourth-order valence-electron chi connectivity index (χ4n) is 4.22. The molecule has 5 heteroatoms. The summed E-state index contributed by atoms with van der Waals surface area (Å²) < 4.78 is 11.2. The van der Waals surface area contributed by atoms with Crippen LogP contribution in [0.1, 0.15) is 37.8 Å². The summed E-state index contributed by atoms with van der Waals surface area (Å²) in [6.45, 7) is 8.66. The molecule has 0 unspecified atom stereocenters. The highest BCUT2D eigenvalue weighted by Gasteiger charge is 2.34. The van der Waals surface area contributed by atoms with Crippen LogP contribution in [0.15, 0.2) is 48.5 Å². The molecule has 1 fully saturated rings. The average molecular weight is 395 g/mol. The minimum absolute atomic E-state index is 0.138. The number of carbonyl (C=O) groups is 1. The number of fused-ring (bicyclic) bond motifs is 1. The van der Waals surface area contributed by atoms with E-state index in [4.69, 9.17) is 9.47 Å². The molecule has 0 saturated carbocycles. The number of likely N-dealkylation sites (tertiary alicyclic amines) is 1. The molecule has 0 aromatic heterocycles. The molecule has 1 amide bonds. The lowest BCUT2D eigenvalue weighted by Gasteiger charge is -2.33. The van der Waals surface area contributed by atoms with Crippen molar-refractivity contribution in [1.29, 1.82) is 0 Å². The molecule has 154 valence electrons. The van der Waals surface area contributed by atoms with E-state index in [1.165, 1.54) is 12.8 Å². The van der Waals surface area contributed by atoms with Gasteiger partial charge < -0.3 is 19.3 Å². The van der Waals surface area contributed by atoms with Gasteiger partial charge >= 0.3 is 0 Å². The summed E-state index contributed by atoms with van der Waals surface area (Å²) in [5, 5.41) is 0. The molecule has 0 radical (unpaired) electrons. The highest BCUT2D eigenvalue weighted by Crippen LogP contribution is 2.36. The number of hydrogen-bond acceptors (Lipinski definition) is 4. The second-order valence-electron chi connectivity index (χ2n) is 8.42. The van der Waals surface area contributed by atoms with Crippen LogP contribution in [0.5, 0.6) is 11.5 Å². The first kappa shape index (κ1) is 19.8. The molecular weight excluding hydrogens is 364 g/mol. The predicted molar refractivity (Wildman–Crippen MR) is 113 cm³/mol. The Balaban J connectivity index is 1.57. The molecule has 4 rings (SSSR count). The summed E-state index contributed by atoms with van der Waals surface area (Å²) in [4.78, 5) is 18.1. The van der Waals surface area contributed by atoms with Gasteiger partial charge in [-0.25, -0.2) is 0 Å². The van der Waals surface area contributed by atoms with Gasteiger partial charge in [0.25, 0.3) is 0 Å². The summed E-state index contributed by atoms with van der Waals surface area (Å²) in [7, 11) is 0. The van der Waals surface area contributed by atoms with E-state index in [-0.39, 0.29) is 12.7 Å². The molecule has 0 bridgehead atoms. The van der Waals surface area contributed by atoms with Crippen molar-refractivity contribution in [2.45, 2.75) is 38.6 Å². The van der Waals surface area contributed by atoms with E-state index in [0.29, 0.717) is 13.1 Å². The summed E-state index contributed by atoms with van der Waals surface area (Å²) in [6.07, 6.45) is 2.50. The number of ether oxygens (including phenoxy) is 2. The Bertz CT molecular complexity index is 844. The topological polar surface area (TPSA) is 42.0 Å². The SMILES string of the molecule is CC(C)(C(=O)N(CCN1CCCC1)Cc1cccc2c1OCO2)c1ccccc1. The minimum atomic E-state index is -0.596. The third-order valence-electron chi connectivity index (χ3n) is 6.04. The van der Waals surface area contributed by atoms with Gasteiger partial charge in [0.05, 0.1) is 5.41 Å². The number of carbonyl (C=O) groups excluding carboxylic acids is 1. The van der Waals surface area contributed by atoms with Crippen LogP contribution in [0.3, 0.4) is 0 Å². The van der Waals surface area contributed by atoms with Crippen LogP contribution in [0.2, 0.25) is 0 Å². The van der Waals surface area contributed by atoms with E-state index in [9.17, 15) is 4.79 Å². The third kappa shape index (κ3) is 4.25. The summed E-state index contributed by atoms with van der Waals surface area (Å²) in [5.74, 6) is 1.67. The van der Waals surface area contributed by atoms with Crippen LogP contribution < -0.4 is 9.47 Å². The van der Waals surface area contributed by atoms with Crippen molar-refractivity contribution in [2.75, 3.05) is 33.0 Å². The molecule has 0 spiro atoms. The van der Waals surface area contributed by atoms with E-state index < -0.39 is 5.41 Å². The first-order chi connectivity index (χ1) is 14.1. The van der Waals surface area contributed by atoms with Gasteiger partial charge in [0, 0.05) is 25.2 Å². The monoisotopic (exact) mass is 394 g/mol. The van der Waals surface area contributed by atoms with E-state index >= 15 is 0 Å². The average Bonchev–Trinajstić information content (AvgIpc) is 3.43. The molecule has 0 N–H and O–H groups in total. The Hall–Kier alpha value is -2.53. The lowest BCUT2D eigenvalue weighted by Crippen LogP contribution is -2.46. The van der Waals surface area contributed by atoms with Gasteiger partial charge in [0.1, 0.15) is 0 Å². The highest BCUT2D eigenvalue weighted by atomic mass is 16.7. The van der Waals surface area contributed by atoms with Gasteiger partial charge in [-0.05, 0) is 51.4 Å². The van der Waals surface area contributed by atoms with Gasteiger partial charge in [0.15, 0.2) is 11.5 Å². The highest BCUT2D eigenvalue weighted by molar-refractivity contribution is 5.87. The largest absolute Gasteiger partial charge is 0.454 e. The number of rotatable bonds is 7. The van der Waals surface area contributed by atoms with Crippen LogP contribution in [0.4, 0.5) is 0 Å². The van der Waals surface area contributed by atoms with Crippen LogP contribution >= 0.6 is 0 Å². The summed E-state index contributed by atoms with van der Waals surface area (Å²) in [6, 6.07) is 16.0. The van der Waals surface area contributed by atoms with E-state index in [1.807, 2.05) is 67.3 Å². The Morgan fingerprint density at radius 2 is 1.79 bits per heavy atom. The first-order valence-electron chi connectivity index (χ1n) is 10.5. The second-order valence-corrected chi connectivity index (χ2v) is 8.42. The van der Waals surface area contributed by atoms with Crippen molar-refractivity contribution in [2.24, 2.45) is 0 Å². The Morgan fingerprint density at radius 3 is 2.55 bits per heavy atom. The maximum atomic E-state index is 13.7. The predicted octanol–water partition coefficient (Wildman–Crippen LogP) is 3.82. The van der Waals surface area contributed by atoms with E-state index in [0.717, 1.165) is 42.3 Å². The molecule has 0 aliphatic carbocycles. The lowest BCUT2D eigenvalue weighted by molar-refractivity contribution is -0.137. The van der Waals surface area contributed by atoms with E-state index in [1.54, 1.807) is 0 Å². The maximum absolute atomic E-state index is 13.7. The molecule has 0 atom stereocenters. The van der Waals surface area contributed by atoms with Gasteiger partial charge in [-0.15, -0.1) is 0 Å². The molecule has 2 aromatic rings. The standard InChI is InChI=1S/C24H30N2O3/c1-24(2,20-10-4-3-5-11-20)23(27)26(16-15-25-13-6-7-14-25)17-19-9-8-12-21-22(19)29-18-28-21/h3-5,8-12H,6-7,13-18H2,1-2H3. The van der Waals surface area contributed by atoms with Crippen molar-refractivity contribution in [3.05, 3.63) is 59.7 Å². The summed E-state index contributed by atoms with van der Waals surface area (Å²) in [5.41, 5.74) is 1.44. The van der Waals surface area contributed by atoms with Crippen LogP contribution in [0, 0.1) is 0 Å². The number of para-hydroxylation sites is 1. The zero-order valence-electron chi connectivity index (χ0n) is 17.4. The normalized spacial score (nSPS) is 16.2. The molecule has 2 heterocycles. The molecule has 2 aliphatic rings. The van der Waals surface area contributed by atoms with Crippen molar-refractivity contribution < 1.29 is 14.3 Å². The number of benzene rings is 2. The molecule has 1 saturated heterocycles. The molecule has 2 aromatic carbocycles. The molecule has 5 nitrogen and oxygen atoms in total. The van der Waals surface area contributed by atoms with Crippen LogP contribution in [-0.2, 0) is 16.8 Å². The zero-order chi connectivity index (χ0) is 20.3.